The zero-order chi connectivity index (χ0) is 19.4. The third kappa shape index (κ3) is 4.78. The molecule has 0 aliphatic carbocycles. The monoisotopic (exact) mass is 372 g/mol. The van der Waals surface area contributed by atoms with E-state index in [0.717, 1.165) is 56.1 Å². The number of carbonyl (C=O) groups excluding carboxylic acids is 1. The molecule has 1 aromatic carbocycles. The van der Waals surface area contributed by atoms with E-state index in [1.54, 1.807) is 0 Å². The average molecular weight is 373 g/mol. The molecule has 1 atom stereocenters. The van der Waals surface area contributed by atoms with Gasteiger partial charge in [-0.1, -0.05) is 12.1 Å². The fourth-order valence-corrected chi connectivity index (χ4v) is 3.68. The number of fused-ring (bicyclic) bond motifs is 1. The second-order valence-corrected chi connectivity index (χ2v) is 7.67. The van der Waals surface area contributed by atoms with E-state index < -0.39 is 0 Å². The van der Waals surface area contributed by atoms with Crippen LogP contribution in [-0.4, -0.2) is 83.6 Å². The average Bonchev–Trinajstić information content (AvgIpc) is 2.99. The van der Waals surface area contributed by atoms with E-state index in [1.807, 2.05) is 37.1 Å². The molecule has 0 bridgehead atoms. The van der Waals surface area contributed by atoms with Gasteiger partial charge in [-0.05, 0) is 52.7 Å². The van der Waals surface area contributed by atoms with Gasteiger partial charge in [0.1, 0.15) is 5.82 Å². The first kappa shape index (κ1) is 19.6. The number of hydrogen-bond acceptors (Lipinski definition) is 4. The van der Waals surface area contributed by atoms with Gasteiger partial charge in [0.25, 0.3) is 0 Å². The van der Waals surface area contributed by atoms with Crippen LogP contribution >= 0.6 is 0 Å². The number of nitrogens with zero attached hydrogens (tertiary/aromatic N) is 5. The molecule has 1 aromatic heterocycles. The van der Waals surface area contributed by atoms with E-state index >= 15 is 0 Å². The summed E-state index contributed by atoms with van der Waals surface area (Å²) in [5, 5.41) is 3.12. The van der Waals surface area contributed by atoms with Crippen molar-refractivity contribution in [2.24, 2.45) is 7.05 Å². The largest absolute Gasteiger partial charge is 0.329 e. The SMILES string of the molecule is CC(NC(=O)N1CCN(CCCN(C)C)CC1)c1nc2ccccc2n1C. The molecule has 3 rings (SSSR count). The van der Waals surface area contributed by atoms with Crippen molar-refractivity contribution >= 4 is 17.1 Å². The summed E-state index contributed by atoms with van der Waals surface area (Å²) in [7, 11) is 6.21. The van der Waals surface area contributed by atoms with Gasteiger partial charge >= 0.3 is 6.03 Å². The number of piperazine rings is 1. The quantitative estimate of drug-likeness (QED) is 0.842. The zero-order valence-electron chi connectivity index (χ0n) is 17.0. The van der Waals surface area contributed by atoms with E-state index in [4.69, 9.17) is 0 Å². The Labute approximate surface area is 161 Å². The zero-order valence-corrected chi connectivity index (χ0v) is 17.0. The number of rotatable bonds is 6. The van der Waals surface area contributed by atoms with Crippen molar-refractivity contribution in [3.8, 4) is 0 Å². The molecule has 1 N–H and O–H groups in total. The maximum atomic E-state index is 12.7. The highest BCUT2D eigenvalue weighted by molar-refractivity contribution is 5.77. The Kier molecular flexibility index (Phi) is 6.34. The summed E-state index contributed by atoms with van der Waals surface area (Å²) in [4.78, 5) is 23.9. The molecule has 0 radical (unpaired) electrons. The van der Waals surface area contributed by atoms with Gasteiger partial charge in [-0.25, -0.2) is 9.78 Å². The van der Waals surface area contributed by atoms with Crippen LogP contribution in [0.5, 0.6) is 0 Å². The molecule has 1 aliphatic heterocycles. The first-order valence-electron chi connectivity index (χ1n) is 9.79. The number of imidazole rings is 1. The first-order chi connectivity index (χ1) is 13.0. The van der Waals surface area contributed by atoms with Gasteiger partial charge in [0.05, 0.1) is 17.1 Å². The number of urea groups is 1. The maximum absolute atomic E-state index is 12.7. The number of benzene rings is 1. The van der Waals surface area contributed by atoms with E-state index in [9.17, 15) is 4.79 Å². The van der Waals surface area contributed by atoms with Crippen molar-refractivity contribution in [3.63, 3.8) is 0 Å². The van der Waals surface area contributed by atoms with Gasteiger partial charge in [-0.2, -0.15) is 0 Å². The fraction of sp³-hybridized carbons (Fsp3) is 0.600. The number of carbonyl (C=O) groups is 1. The molecule has 0 saturated carbocycles. The molecular weight excluding hydrogens is 340 g/mol. The van der Waals surface area contributed by atoms with Gasteiger partial charge in [0.15, 0.2) is 0 Å². The third-order valence-corrected chi connectivity index (χ3v) is 5.29. The number of para-hydroxylation sites is 2. The lowest BCUT2D eigenvalue weighted by atomic mass is 10.3. The molecule has 2 amide bonds. The lowest BCUT2D eigenvalue weighted by Crippen LogP contribution is -2.52. The van der Waals surface area contributed by atoms with Crippen molar-refractivity contribution < 1.29 is 4.79 Å². The Hall–Kier alpha value is -2.12. The van der Waals surface area contributed by atoms with Crippen LogP contribution in [0.1, 0.15) is 25.2 Å². The Bertz CT molecular complexity index is 763. The van der Waals surface area contributed by atoms with Crippen LogP contribution in [0.15, 0.2) is 24.3 Å². The van der Waals surface area contributed by atoms with Crippen molar-refractivity contribution in [1.29, 1.82) is 0 Å². The molecule has 1 unspecified atom stereocenters. The van der Waals surface area contributed by atoms with Crippen molar-refractivity contribution in [2.45, 2.75) is 19.4 Å². The fourth-order valence-electron chi connectivity index (χ4n) is 3.68. The lowest BCUT2D eigenvalue weighted by Gasteiger charge is -2.35. The second kappa shape index (κ2) is 8.71. The maximum Gasteiger partial charge on any atom is 0.318 e. The molecule has 7 nitrogen and oxygen atoms in total. The molecule has 1 fully saturated rings. The van der Waals surface area contributed by atoms with Gasteiger partial charge in [-0.15, -0.1) is 0 Å². The molecule has 1 saturated heterocycles. The van der Waals surface area contributed by atoms with E-state index in [2.05, 4.69) is 44.8 Å². The van der Waals surface area contributed by atoms with Crippen LogP contribution in [0.3, 0.4) is 0 Å². The van der Waals surface area contributed by atoms with Crippen LogP contribution in [0.25, 0.3) is 11.0 Å². The summed E-state index contributed by atoms with van der Waals surface area (Å²) >= 11 is 0. The van der Waals surface area contributed by atoms with Crippen molar-refractivity contribution in [3.05, 3.63) is 30.1 Å². The highest BCUT2D eigenvalue weighted by Crippen LogP contribution is 2.19. The number of hydrogen-bond donors (Lipinski definition) is 1. The molecule has 0 spiro atoms. The normalized spacial score (nSPS) is 16.9. The summed E-state index contributed by atoms with van der Waals surface area (Å²) in [6.07, 6.45) is 1.17. The van der Waals surface area contributed by atoms with Gasteiger partial charge in [0.2, 0.25) is 0 Å². The van der Waals surface area contributed by atoms with E-state index in [-0.39, 0.29) is 12.1 Å². The van der Waals surface area contributed by atoms with Crippen LogP contribution < -0.4 is 5.32 Å². The van der Waals surface area contributed by atoms with Gasteiger partial charge in [0, 0.05) is 33.2 Å². The Morgan fingerprint density at radius 2 is 1.93 bits per heavy atom. The number of aromatic nitrogens is 2. The minimum atomic E-state index is -0.131. The Morgan fingerprint density at radius 1 is 1.22 bits per heavy atom. The number of amides is 2. The predicted octanol–water partition coefficient (Wildman–Crippen LogP) is 1.91. The van der Waals surface area contributed by atoms with Crippen LogP contribution in [-0.2, 0) is 7.05 Å². The first-order valence-corrected chi connectivity index (χ1v) is 9.79. The second-order valence-electron chi connectivity index (χ2n) is 7.67. The molecular formula is C20H32N6O. The van der Waals surface area contributed by atoms with Crippen LogP contribution in [0, 0.1) is 0 Å². The molecule has 2 heterocycles. The smallest absolute Gasteiger partial charge is 0.318 e. The highest BCUT2D eigenvalue weighted by atomic mass is 16.2. The topological polar surface area (TPSA) is 56.6 Å². The van der Waals surface area contributed by atoms with Gasteiger partial charge in [-0.3, -0.25) is 4.90 Å². The molecule has 1 aliphatic rings. The summed E-state index contributed by atoms with van der Waals surface area (Å²) in [5.74, 6) is 0.881. The minimum absolute atomic E-state index is 0.00231. The summed E-state index contributed by atoms with van der Waals surface area (Å²) in [6.45, 7) is 7.66. The summed E-state index contributed by atoms with van der Waals surface area (Å²) in [6, 6.07) is 7.92. The molecule has 148 valence electrons. The van der Waals surface area contributed by atoms with Crippen molar-refractivity contribution in [2.75, 3.05) is 53.4 Å². The third-order valence-electron chi connectivity index (χ3n) is 5.29. The molecule has 2 aromatic rings. The highest BCUT2D eigenvalue weighted by Gasteiger charge is 2.23. The minimum Gasteiger partial charge on any atom is -0.329 e. The van der Waals surface area contributed by atoms with E-state index in [0.29, 0.717) is 0 Å². The molecule has 7 heteroatoms. The summed E-state index contributed by atoms with van der Waals surface area (Å²) in [5.41, 5.74) is 2.04. The summed E-state index contributed by atoms with van der Waals surface area (Å²) < 4.78 is 2.06. The van der Waals surface area contributed by atoms with Crippen molar-refractivity contribution in [1.82, 2.24) is 29.6 Å². The van der Waals surface area contributed by atoms with Crippen LogP contribution in [0.2, 0.25) is 0 Å². The number of nitrogens with one attached hydrogen (secondary N) is 1. The number of aryl methyl sites for hydroxylation is 1. The Balaban J connectivity index is 1.51. The Morgan fingerprint density at radius 3 is 2.59 bits per heavy atom. The standard InChI is InChI=1S/C20H32N6O/c1-16(19-22-17-8-5-6-9-18(17)24(19)4)21-20(27)26-14-12-25(13-15-26)11-7-10-23(2)3/h5-6,8-9,16H,7,10-15H2,1-4H3,(H,21,27). The lowest BCUT2D eigenvalue weighted by molar-refractivity contribution is 0.134. The van der Waals surface area contributed by atoms with Gasteiger partial charge < -0.3 is 19.7 Å². The predicted molar refractivity (Wildman–Crippen MR) is 109 cm³/mol. The molecule has 27 heavy (non-hydrogen) atoms. The van der Waals surface area contributed by atoms with E-state index in [1.165, 1.54) is 6.42 Å². The van der Waals surface area contributed by atoms with Crippen LogP contribution in [0.4, 0.5) is 4.79 Å².